The van der Waals surface area contributed by atoms with Crippen molar-refractivity contribution < 1.29 is 9.53 Å². The molecule has 1 amide bonds. The van der Waals surface area contributed by atoms with Gasteiger partial charge in [-0.3, -0.25) is 14.2 Å². The zero-order chi connectivity index (χ0) is 19.8. The lowest BCUT2D eigenvalue weighted by atomic mass is 9.97. The van der Waals surface area contributed by atoms with Gasteiger partial charge in [-0.25, -0.2) is 4.98 Å². The maximum absolute atomic E-state index is 13.1. The molecule has 150 valence electrons. The van der Waals surface area contributed by atoms with E-state index in [0.717, 1.165) is 19.3 Å². The Labute approximate surface area is 169 Å². The second-order valence-corrected chi connectivity index (χ2v) is 7.80. The SMILES string of the molecule is COCCNC(=O)CSc1nc2ccccc2c(=O)n1CCC1=CCCCC1. The van der Waals surface area contributed by atoms with Gasteiger partial charge < -0.3 is 10.1 Å². The van der Waals surface area contributed by atoms with Gasteiger partial charge in [-0.1, -0.05) is 35.5 Å². The largest absolute Gasteiger partial charge is 0.383 e. The first-order chi connectivity index (χ1) is 13.7. The molecular weight excluding hydrogens is 374 g/mol. The van der Waals surface area contributed by atoms with E-state index in [0.29, 0.717) is 35.8 Å². The molecule has 0 saturated carbocycles. The van der Waals surface area contributed by atoms with Crippen LogP contribution >= 0.6 is 11.8 Å². The molecule has 2 aromatic rings. The van der Waals surface area contributed by atoms with Crippen LogP contribution in [-0.4, -0.2) is 41.5 Å². The van der Waals surface area contributed by atoms with Gasteiger partial charge in [-0.15, -0.1) is 0 Å². The third-order valence-electron chi connectivity index (χ3n) is 4.83. The second kappa shape index (κ2) is 10.4. The number of ether oxygens (including phenoxy) is 1. The molecule has 28 heavy (non-hydrogen) atoms. The van der Waals surface area contributed by atoms with E-state index in [1.165, 1.54) is 30.2 Å². The summed E-state index contributed by atoms with van der Waals surface area (Å²) in [5, 5.41) is 4.02. The predicted octanol–water partition coefficient (Wildman–Crippen LogP) is 3.14. The average molecular weight is 402 g/mol. The fourth-order valence-electron chi connectivity index (χ4n) is 3.32. The van der Waals surface area contributed by atoms with Gasteiger partial charge in [0, 0.05) is 20.2 Å². The van der Waals surface area contributed by atoms with Crippen molar-refractivity contribution in [2.45, 2.75) is 43.8 Å². The third kappa shape index (κ3) is 5.45. The minimum absolute atomic E-state index is 0.0377. The molecule has 0 saturated heterocycles. The Morgan fingerprint density at radius 1 is 1.32 bits per heavy atom. The van der Waals surface area contributed by atoms with Crippen molar-refractivity contribution in [2.75, 3.05) is 26.0 Å². The number of aromatic nitrogens is 2. The summed E-state index contributed by atoms with van der Waals surface area (Å²) in [6.07, 6.45) is 7.87. The van der Waals surface area contributed by atoms with Gasteiger partial charge in [0.15, 0.2) is 5.16 Å². The molecule has 3 rings (SSSR count). The van der Waals surface area contributed by atoms with Gasteiger partial charge in [0.1, 0.15) is 0 Å². The molecule has 0 radical (unpaired) electrons. The van der Waals surface area contributed by atoms with Crippen molar-refractivity contribution in [3.8, 4) is 0 Å². The molecule has 7 heteroatoms. The van der Waals surface area contributed by atoms with E-state index in [-0.39, 0.29) is 17.2 Å². The molecule has 6 nitrogen and oxygen atoms in total. The van der Waals surface area contributed by atoms with Crippen LogP contribution in [0.1, 0.15) is 32.1 Å². The number of hydrogen-bond acceptors (Lipinski definition) is 5. The van der Waals surface area contributed by atoms with Crippen molar-refractivity contribution in [3.63, 3.8) is 0 Å². The van der Waals surface area contributed by atoms with E-state index in [2.05, 4.69) is 16.4 Å². The van der Waals surface area contributed by atoms with Gasteiger partial charge in [0.25, 0.3) is 5.56 Å². The summed E-state index contributed by atoms with van der Waals surface area (Å²) in [6.45, 7) is 1.54. The summed E-state index contributed by atoms with van der Waals surface area (Å²) in [4.78, 5) is 29.8. The van der Waals surface area contributed by atoms with Gasteiger partial charge in [0.05, 0.1) is 23.3 Å². The van der Waals surface area contributed by atoms with E-state index >= 15 is 0 Å². The first-order valence-electron chi connectivity index (χ1n) is 9.75. The molecular formula is C21H27N3O3S. The standard InChI is InChI=1S/C21H27N3O3S/c1-27-14-12-22-19(25)15-28-21-23-18-10-6-5-9-17(18)20(26)24(21)13-11-16-7-3-2-4-8-16/h5-7,9-10H,2-4,8,11-15H2,1H3,(H,22,25). The zero-order valence-electron chi connectivity index (χ0n) is 16.3. The Balaban J connectivity index is 1.79. The number of para-hydroxylation sites is 1. The van der Waals surface area contributed by atoms with Crippen LogP contribution in [-0.2, 0) is 16.1 Å². The van der Waals surface area contributed by atoms with Crippen LogP contribution in [0.15, 0.2) is 45.9 Å². The lowest BCUT2D eigenvalue weighted by Crippen LogP contribution is -2.29. The highest BCUT2D eigenvalue weighted by molar-refractivity contribution is 7.99. The molecule has 0 fully saturated rings. The van der Waals surface area contributed by atoms with Crippen LogP contribution in [0.4, 0.5) is 0 Å². The molecule has 1 N–H and O–H groups in total. The number of thioether (sulfide) groups is 1. The maximum Gasteiger partial charge on any atom is 0.262 e. The Morgan fingerprint density at radius 3 is 2.96 bits per heavy atom. The second-order valence-electron chi connectivity index (χ2n) is 6.86. The number of carbonyl (C=O) groups excluding carboxylic acids is 1. The number of rotatable bonds is 9. The highest BCUT2D eigenvalue weighted by Gasteiger charge is 2.14. The lowest BCUT2D eigenvalue weighted by molar-refractivity contribution is -0.118. The van der Waals surface area contributed by atoms with Crippen molar-refractivity contribution in [2.24, 2.45) is 0 Å². The fraction of sp³-hybridized carbons (Fsp3) is 0.476. The first-order valence-corrected chi connectivity index (χ1v) is 10.7. The molecule has 0 atom stereocenters. The number of fused-ring (bicyclic) bond motifs is 1. The molecule has 1 aliphatic carbocycles. The summed E-state index contributed by atoms with van der Waals surface area (Å²) in [5.41, 5.74) is 2.05. The van der Waals surface area contributed by atoms with Gasteiger partial charge >= 0.3 is 0 Å². The van der Waals surface area contributed by atoms with Crippen molar-refractivity contribution >= 4 is 28.6 Å². The minimum Gasteiger partial charge on any atom is -0.383 e. The van der Waals surface area contributed by atoms with E-state index < -0.39 is 0 Å². The number of benzene rings is 1. The third-order valence-corrected chi connectivity index (χ3v) is 5.81. The normalized spacial score (nSPS) is 14.1. The number of methoxy groups -OCH3 is 1. The van der Waals surface area contributed by atoms with E-state index in [4.69, 9.17) is 4.74 Å². The molecule has 1 aromatic carbocycles. The first kappa shape index (κ1) is 20.6. The topological polar surface area (TPSA) is 73.2 Å². The maximum atomic E-state index is 13.1. The Morgan fingerprint density at radius 2 is 2.18 bits per heavy atom. The summed E-state index contributed by atoms with van der Waals surface area (Å²) < 4.78 is 6.67. The molecule has 1 aliphatic rings. The average Bonchev–Trinajstić information content (AvgIpc) is 2.73. The molecule has 0 spiro atoms. The van der Waals surface area contributed by atoms with Crippen LogP contribution in [0, 0.1) is 0 Å². The molecule has 1 aromatic heterocycles. The minimum atomic E-state index is -0.0917. The zero-order valence-corrected chi connectivity index (χ0v) is 17.1. The molecule has 0 bridgehead atoms. The van der Waals surface area contributed by atoms with Gasteiger partial charge in [0.2, 0.25) is 5.91 Å². The Kier molecular flexibility index (Phi) is 7.68. The van der Waals surface area contributed by atoms with Crippen LogP contribution < -0.4 is 10.9 Å². The monoisotopic (exact) mass is 401 g/mol. The van der Waals surface area contributed by atoms with E-state index in [1.54, 1.807) is 11.7 Å². The number of amides is 1. The summed E-state index contributed by atoms with van der Waals surface area (Å²) >= 11 is 1.31. The number of allylic oxidation sites excluding steroid dienone is 2. The van der Waals surface area contributed by atoms with Crippen molar-refractivity contribution in [3.05, 3.63) is 46.3 Å². The Hall–Kier alpha value is -2.12. The number of nitrogens with one attached hydrogen (secondary N) is 1. The fourth-order valence-corrected chi connectivity index (χ4v) is 4.17. The van der Waals surface area contributed by atoms with E-state index in [1.807, 2.05) is 24.3 Å². The van der Waals surface area contributed by atoms with Crippen molar-refractivity contribution in [1.82, 2.24) is 14.9 Å². The predicted molar refractivity (Wildman–Crippen MR) is 113 cm³/mol. The summed E-state index contributed by atoms with van der Waals surface area (Å²) in [7, 11) is 1.60. The van der Waals surface area contributed by atoms with Crippen molar-refractivity contribution in [1.29, 1.82) is 0 Å². The van der Waals surface area contributed by atoms with Gasteiger partial charge in [-0.2, -0.15) is 0 Å². The van der Waals surface area contributed by atoms with Crippen LogP contribution in [0.2, 0.25) is 0 Å². The quantitative estimate of drug-likeness (QED) is 0.302. The summed E-state index contributed by atoms with van der Waals surface area (Å²) in [5.74, 6) is 0.128. The Bertz CT molecular complexity index is 907. The highest BCUT2D eigenvalue weighted by atomic mass is 32.2. The lowest BCUT2D eigenvalue weighted by Gasteiger charge is -2.16. The smallest absolute Gasteiger partial charge is 0.262 e. The molecule has 0 unspecified atom stereocenters. The number of hydrogen-bond donors (Lipinski definition) is 1. The van der Waals surface area contributed by atoms with Gasteiger partial charge in [-0.05, 0) is 44.2 Å². The number of nitrogens with zero attached hydrogens (tertiary/aromatic N) is 2. The van der Waals surface area contributed by atoms with Crippen LogP contribution in [0.25, 0.3) is 10.9 Å². The van der Waals surface area contributed by atoms with E-state index in [9.17, 15) is 9.59 Å². The molecule has 1 heterocycles. The number of carbonyl (C=O) groups is 1. The summed E-state index contributed by atoms with van der Waals surface area (Å²) in [6, 6.07) is 7.38. The van der Waals surface area contributed by atoms with Crippen LogP contribution in [0.5, 0.6) is 0 Å². The highest BCUT2D eigenvalue weighted by Crippen LogP contribution is 2.22. The molecule has 0 aliphatic heterocycles. The van der Waals surface area contributed by atoms with Crippen LogP contribution in [0.3, 0.4) is 0 Å².